The fourth-order valence-electron chi connectivity index (χ4n) is 4.84. The van der Waals surface area contributed by atoms with Gasteiger partial charge < -0.3 is 15.4 Å². The first-order chi connectivity index (χ1) is 16.3. The van der Waals surface area contributed by atoms with Gasteiger partial charge in [0.2, 0.25) is 11.8 Å². The summed E-state index contributed by atoms with van der Waals surface area (Å²) in [6.45, 7) is 5.08. The van der Waals surface area contributed by atoms with Gasteiger partial charge in [0.25, 0.3) is 5.91 Å². The Morgan fingerprint density at radius 3 is 2.41 bits per heavy atom. The molecule has 0 unspecified atom stereocenters. The number of carbonyl (C=O) groups excluding carboxylic acids is 2. The van der Waals surface area contributed by atoms with Gasteiger partial charge in [-0.3, -0.25) is 9.59 Å². The Morgan fingerprint density at radius 1 is 1.03 bits per heavy atom. The van der Waals surface area contributed by atoms with Crippen LogP contribution in [0.15, 0.2) is 54.6 Å². The van der Waals surface area contributed by atoms with Crippen LogP contribution in [-0.4, -0.2) is 34.8 Å². The number of pyridine rings is 1. The van der Waals surface area contributed by atoms with Crippen LogP contribution in [0, 0.1) is 11.2 Å². The van der Waals surface area contributed by atoms with Gasteiger partial charge in [-0.05, 0) is 37.1 Å². The maximum absolute atomic E-state index is 14.7. The van der Waals surface area contributed by atoms with Gasteiger partial charge in [0.15, 0.2) is 11.6 Å². The van der Waals surface area contributed by atoms with E-state index in [1.165, 1.54) is 6.07 Å². The molecule has 2 aliphatic rings. The largest absolute Gasteiger partial charge is 0.435 e. The van der Waals surface area contributed by atoms with Gasteiger partial charge in [-0.2, -0.15) is 0 Å². The van der Waals surface area contributed by atoms with Gasteiger partial charge in [-0.15, -0.1) is 0 Å². The van der Waals surface area contributed by atoms with Crippen LogP contribution in [0.1, 0.15) is 54.1 Å². The molecule has 2 N–H and O–H groups in total. The third kappa shape index (κ3) is 3.61. The second-order valence-corrected chi connectivity index (χ2v) is 9.45. The molecule has 1 aromatic heterocycles. The summed E-state index contributed by atoms with van der Waals surface area (Å²) in [4.78, 5) is 31.5. The molecule has 0 saturated carbocycles. The molecule has 2 aliphatic heterocycles. The standard InChI is InChI=1S/C27H26FN3O3/c1-27(2,26(29)33)22-18-6-5-7-20(28)23(18)34-24-19(22)12-13-21(30-24)16-8-10-17(11-9-16)25(32)31-14-3-4-15-31/h5-13,22H,3-4,14-15H2,1-2H3,(H2,29,33)/t22-/m0/s1. The maximum atomic E-state index is 14.7. The number of halogens is 1. The first kappa shape index (κ1) is 22.1. The molecule has 0 spiro atoms. The minimum absolute atomic E-state index is 0.0365. The van der Waals surface area contributed by atoms with E-state index in [1.807, 2.05) is 29.2 Å². The molecule has 174 valence electrons. The summed E-state index contributed by atoms with van der Waals surface area (Å²) in [6.07, 6.45) is 2.08. The van der Waals surface area contributed by atoms with Crippen LogP contribution in [0.3, 0.4) is 0 Å². The van der Waals surface area contributed by atoms with Gasteiger partial charge in [0, 0.05) is 41.3 Å². The Balaban J connectivity index is 1.52. The van der Waals surface area contributed by atoms with E-state index in [9.17, 15) is 14.0 Å². The van der Waals surface area contributed by atoms with Crippen LogP contribution in [0.5, 0.6) is 11.6 Å². The summed E-state index contributed by atoms with van der Waals surface area (Å²) >= 11 is 0. The highest BCUT2D eigenvalue weighted by molar-refractivity contribution is 5.94. The van der Waals surface area contributed by atoms with Gasteiger partial charge in [-0.1, -0.05) is 44.2 Å². The predicted octanol–water partition coefficient (Wildman–Crippen LogP) is 4.87. The summed E-state index contributed by atoms with van der Waals surface area (Å²) in [5.74, 6) is -1.19. The van der Waals surface area contributed by atoms with Crippen molar-refractivity contribution in [3.05, 3.63) is 77.1 Å². The molecule has 1 atom stereocenters. The smallest absolute Gasteiger partial charge is 0.253 e. The highest BCUT2D eigenvalue weighted by Crippen LogP contribution is 2.52. The second kappa shape index (κ2) is 8.24. The Morgan fingerprint density at radius 2 is 1.74 bits per heavy atom. The number of amides is 2. The fraction of sp³-hybridized carbons (Fsp3) is 0.296. The lowest BCUT2D eigenvalue weighted by Gasteiger charge is -2.36. The molecular weight excluding hydrogens is 433 g/mol. The first-order valence-electron chi connectivity index (χ1n) is 11.4. The number of primary amides is 1. The molecule has 2 aromatic carbocycles. The van der Waals surface area contributed by atoms with E-state index in [1.54, 1.807) is 38.1 Å². The summed E-state index contributed by atoms with van der Waals surface area (Å²) in [5, 5.41) is 0. The highest BCUT2D eigenvalue weighted by atomic mass is 19.1. The third-order valence-corrected chi connectivity index (χ3v) is 6.89. The van der Waals surface area contributed by atoms with E-state index in [0.717, 1.165) is 31.5 Å². The van der Waals surface area contributed by atoms with Crippen molar-refractivity contribution < 1.29 is 18.7 Å². The molecule has 1 fully saturated rings. The van der Waals surface area contributed by atoms with Crippen molar-refractivity contribution in [2.24, 2.45) is 11.1 Å². The fourth-order valence-corrected chi connectivity index (χ4v) is 4.84. The van der Waals surface area contributed by atoms with Gasteiger partial charge in [0.1, 0.15) is 0 Å². The van der Waals surface area contributed by atoms with E-state index >= 15 is 0 Å². The van der Waals surface area contributed by atoms with E-state index in [2.05, 4.69) is 4.98 Å². The van der Waals surface area contributed by atoms with Crippen LogP contribution in [0.2, 0.25) is 0 Å². The highest BCUT2D eigenvalue weighted by Gasteiger charge is 2.43. The van der Waals surface area contributed by atoms with Crippen molar-refractivity contribution in [1.82, 2.24) is 9.88 Å². The summed E-state index contributed by atoms with van der Waals surface area (Å²) < 4.78 is 20.6. The van der Waals surface area contributed by atoms with Crippen molar-refractivity contribution in [3.8, 4) is 22.9 Å². The zero-order chi connectivity index (χ0) is 24.0. The lowest BCUT2D eigenvalue weighted by molar-refractivity contribution is -0.126. The average molecular weight is 460 g/mol. The van der Waals surface area contributed by atoms with Crippen LogP contribution in [0.25, 0.3) is 11.3 Å². The number of hydrogen-bond donors (Lipinski definition) is 1. The molecule has 0 radical (unpaired) electrons. The molecule has 0 bridgehead atoms. The molecule has 7 heteroatoms. The van der Waals surface area contributed by atoms with Crippen molar-refractivity contribution in [1.29, 1.82) is 0 Å². The van der Waals surface area contributed by atoms with Gasteiger partial charge in [-0.25, -0.2) is 9.37 Å². The summed E-state index contributed by atoms with van der Waals surface area (Å²) in [5.41, 5.74) is 8.03. The van der Waals surface area contributed by atoms with Crippen LogP contribution in [-0.2, 0) is 4.79 Å². The molecule has 5 rings (SSSR count). The topological polar surface area (TPSA) is 85.5 Å². The number of hydrogen-bond acceptors (Lipinski definition) is 4. The van der Waals surface area contributed by atoms with Crippen molar-refractivity contribution in [2.75, 3.05) is 13.1 Å². The van der Waals surface area contributed by atoms with Crippen LogP contribution in [0.4, 0.5) is 4.39 Å². The number of aromatic nitrogens is 1. The third-order valence-electron chi connectivity index (χ3n) is 6.89. The van der Waals surface area contributed by atoms with E-state index < -0.39 is 23.1 Å². The molecule has 0 aliphatic carbocycles. The van der Waals surface area contributed by atoms with E-state index in [-0.39, 0.29) is 17.5 Å². The lowest BCUT2D eigenvalue weighted by Crippen LogP contribution is -2.38. The number of ether oxygens (including phenoxy) is 1. The summed E-state index contributed by atoms with van der Waals surface area (Å²) in [7, 11) is 0. The zero-order valence-electron chi connectivity index (χ0n) is 19.2. The second-order valence-electron chi connectivity index (χ2n) is 9.45. The van der Waals surface area contributed by atoms with Crippen LogP contribution < -0.4 is 10.5 Å². The normalized spacial score (nSPS) is 17.0. The van der Waals surface area contributed by atoms with Crippen molar-refractivity contribution in [3.63, 3.8) is 0 Å². The quantitative estimate of drug-likeness (QED) is 0.603. The van der Waals surface area contributed by atoms with Gasteiger partial charge >= 0.3 is 0 Å². The average Bonchev–Trinajstić information content (AvgIpc) is 3.37. The number of fused-ring (bicyclic) bond motifs is 2. The van der Waals surface area contributed by atoms with Crippen LogP contribution >= 0.6 is 0 Å². The zero-order valence-corrected chi connectivity index (χ0v) is 19.2. The lowest BCUT2D eigenvalue weighted by atomic mass is 9.70. The molecule has 34 heavy (non-hydrogen) atoms. The molecule has 1 saturated heterocycles. The first-order valence-corrected chi connectivity index (χ1v) is 11.4. The Hall–Kier alpha value is -3.74. The number of para-hydroxylation sites is 1. The maximum Gasteiger partial charge on any atom is 0.253 e. The number of likely N-dealkylation sites (tertiary alicyclic amines) is 1. The van der Waals surface area contributed by atoms with Gasteiger partial charge in [0.05, 0.1) is 11.1 Å². The Bertz CT molecular complexity index is 1280. The molecular formula is C27H26FN3O3. The molecule has 3 heterocycles. The van der Waals surface area contributed by atoms with E-state index in [0.29, 0.717) is 22.4 Å². The van der Waals surface area contributed by atoms with Crippen molar-refractivity contribution in [2.45, 2.75) is 32.6 Å². The molecule has 2 amide bonds. The Kier molecular flexibility index (Phi) is 5.35. The Labute approximate surface area is 197 Å². The van der Waals surface area contributed by atoms with E-state index in [4.69, 9.17) is 10.5 Å². The number of carbonyl (C=O) groups is 2. The summed E-state index contributed by atoms with van der Waals surface area (Å²) in [6, 6.07) is 15.6. The minimum Gasteiger partial charge on any atom is -0.435 e. The SMILES string of the molecule is CC(C)(C(N)=O)[C@@H]1c2ccc(-c3ccc(C(=O)N4CCCC4)cc3)nc2Oc2c(F)cccc21. The molecule has 3 aromatic rings. The van der Waals surface area contributed by atoms with Crippen molar-refractivity contribution >= 4 is 11.8 Å². The number of nitrogens with two attached hydrogens (primary N) is 1. The monoisotopic (exact) mass is 459 g/mol. The number of rotatable bonds is 4. The predicted molar refractivity (Wildman–Crippen MR) is 126 cm³/mol. The minimum atomic E-state index is -0.998. The number of nitrogens with zero attached hydrogens (tertiary/aromatic N) is 2. The number of benzene rings is 2. The molecule has 6 nitrogen and oxygen atoms in total.